The minimum atomic E-state index is -0.119. The van der Waals surface area contributed by atoms with E-state index >= 15 is 0 Å². The number of hydrogen-bond donors (Lipinski definition) is 1. The molecule has 1 aliphatic heterocycles. The molecule has 0 fully saturated rings. The summed E-state index contributed by atoms with van der Waals surface area (Å²) in [5.41, 5.74) is 1.13. The summed E-state index contributed by atoms with van der Waals surface area (Å²) < 4.78 is 11.9. The molecular formula is C17H28N2O2. The first-order valence-electron chi connectivity index (χ1n) is 7.77. The Bertz CT molecular complexity index is 458. The molecule has 0 aromatic heterocycles. The van der Waals surface area contributed by atoms with Gasteiger partial charge in [-0.2, -0.15) is 0 Å². The number of nitrogens with one attached hydrogen (secondary N) is 1. The van der Waals surface area contributed by atoms with E-state index in [0.717, 1.165) is 44.0 Å². The Morgan fingerprint density at radius 2 is 2.10 bits per heavy atom. The first-order chi connectivity index (χ1) is 9.98. The van der Waals surface area contributed by atoms with Crippen LogP contribution >= 0.6 is 0 Å². The fraction of sp³-hybridized carbons (Fsp3) is 0.647. The average molecular weight is 292 g/mol. The van der Waals surface area contributed by atoms with Crippen molar-refractivity contribution >= 4 is 0 Å². The molecule has 1 N–H and O–H groups in total. The molecule has 0 unspecified atom stereocenters. The van der Waals surface area contributed by atoms with E-state index in [1.54, 1.807) is 0 Å². The van der Waals surface area contributed by atoms with Gasteiger partial charge in [-0.15, -0.1) is 0 Å². The van der Waals surface area contributed by atoms with Gasteiger partial charge in [0.25, 0.3) is 0 Å². The van der Waals surface area contributed by atoms with Gasteiger partial charge in [-0.1, -0.05) is 12.1 Å². The highest BCUT2D eigenvalue weighted by atomic mass is 16.5. The number of rotatable bonds is 8. The lowest BCUT2D eigenvalue weighted by Crippen LogP contribution is -2.25. The van der Waals surface area contributed by atoms with Crippen molar-refractivity contribution in [1.82, 2.24) is 10.2 Å². The molecule has 4 nitrogen and oxygen atoms in total. The van der Waals surface area contributed by atoms with Crippen LogP contribution in [0.5, 0.6) is 11.5 Å². The smallest absolute Gasteiger partial charge is 0.165 e. The Morgan fingerprint density at radius 1 is 1.29 bits per heavy atom. The predicted molar refractivity (Wildman–Crippen MR) is 86.4 cm³/mol. The number of nitrogens with zero attached hydrogens (tertiary/aromatic N) is 1. The SMILES string of the molecule is CN(C)CCCNCCOc1cccc2c1OC(C)(C)C2. The van der Waals surface area contributed by atoms with Crippen LogP contribution in [0.15, 0.2) is 18.2 Å². The summed E-state index contributed by atoms with van der Waals surface area (Å²) in [6.45, 7) is 7.90. The van der Waals surface area contributed by atoms with E-state index in [2.05, 4.69) is 44.2 Å². The molecule has 1 aromatic carbocycles. The highest BCUT2D eigenvalue weighted by Crippen LogP contribution is 2.41. The van der Waals surface area contributed by atoms with Crippen LogP contribution in [0.1, 0.15) is 25.8 Å². The van der Waals surface area contributed by atoms with E-state index in [0.29, 0.717) is 6.61 Å². The second-order valence-electron chi connectivity index (χ2n) is 6.54. The van der Waals surface area contributed by atoms with Crippen LogP contribution in [0, 0.1) is 0 Å². The minimum absolute atomic E-state index is 0.119. The standard InChI is InChI=1S/C17H28N2O2/c1-17(2)13-14-7-5-8-15(16(14)21-17)20-12-10-18-9-6-11-19(3)4/h5,7-8,18H,6,9-13H2,1-4H3. The summed E-state index contributed by atoms with van der Waals surface area (Å²) in [6.07, 6.45) is 2.10. The number of benzene rings is 1. The number of ether oxygens (including phenoxy) is 2. The summed E-state index contributed by atoms with van der Waals surface area (Å²) in [4.78, 5) is 2.20. The summed E-state index contributed by atoms with van der Waals surface area (Å²) >= 11 is 0. The molecule has 0 saturated carbocycles. The van der Waals surface area contributed by atoms with Gasteiger partial charge in [0, 0.05) is 18.5 Å². The van der Waals surface area contributed by atoms with Crippen LogP contribution in [0.25, 0.3) is 0 Å². The van der Waals surface area contributed by atoms with Crippen molar-refractivity contribution in [1.29, 1.82) is 0 Å². The molecule has 0 spiro atoms. The van der Waals surface area contributed by atoms with Crippen molar-refractivity contribution in [2.45, 2.75) is 32.3 Å². The Balaban J connectivity index is 1.72. The molecule has 1 heterocycles. The van der Waals surface area contributed by atoms with Crippen molar-refractivity contribution < 1.29 is 9.47 Å². The van der Waals surface area contributed by atoms with Gasteiger partial charge in [-0.25, -0.2) is 0 Å². The maximum atomic E-state index is 6.00. The topological polar surface area (TPSA) is 33.7 Å². The lowest BCUT2D eigenvalue weighted by Gasteiger charge is -2.18. The summed E-state index contributed by atoms with van der Waals surface area (Å²) in [7, 11) is 4.20. The molecule has 0 radical (unpaired) electrons. The van der Waals surface area contributed by atoms with E-state index < -0.39 is 0 Å². The second kappa shape index (κ2) is 7.14. The van der Waals surface area contributed by atoms with Gasteiger partial charge in [0.15, 0.2) is 11.5 Å². The Hall–Kier alpha value is -1.26. The molecule has 0 bridgehead atoms. The number of fused-ring (bicyclic) bond motifs is 1. The maximum absolute atomic E-state index is 6.00. The molecule has 118 valence electrons. The quantitative estimate of drug-likeness (QED) is 0.746. The monoisotopic (exact) mass is 292 g/mol. The van der Waals surface area contributed by atoms with Gasteiger partial charge < -0.3 is 19.7 Å². The summed E-state index contributed by atoms with van der Waals surface area (Å²) in [5, 5.41) is 3.40. The maximum Gasteiger partial charge on any atom is 0.165 e. The molecule has 4 heteroatoms. The van der Waals surface area contributed by atoms with Gasteiger partial charge in [0.05, 0.1) is 0 Å². The third-order valence-electron chi connectivity index (χ3n) is 3.55. The van der Waals surface area contributed by atoms with Crippen LogP contribution < -0.4 is 14.8 Å². The molecular weight excluding hydrogens is 264 g/mol. The molecule has 2 rings (SSSR count). The summed E-state index contributed by atoms with van der Waals surface area (Å²) in [5.74, 6) is 1.79. The third kappa shape index (κ3) is 4.90. The predicted octanol–water partition coefficient (Wildman–Crippen LogP) is 2.32. The zero-order valence-electron chi connectivity index (χ0n) is 13.7. The van der Waals surface area contributed by atoms with Crippen molar-refractivity contribution in [3.05, 3.63) is 23.8 Å². The Labute approximate surface area is 128 Å². The van der Waals surface area contributed by atoms with Gasteiger partial charge >= 0.3 is 0 Å². The van der Waals surface area contributed by atoms with Crippen molar-refractivity contribution in [3.63, 3.8) is 0 Å². The van der Waals surface area contributed by atoms with Gasteiger partial charge in [0.1, 0.15) is 12.2 Å². The fourth-order valence-electron chi connectivity index (χ4n) is 2.58. The highest BCUT2D eigenvalue weighted by molar-refractivity contribution is 5.50. The first kappa shape index (κ1) is 16.1. The zero-order chi connectivity index (χ0) is 15.3. The largest absolute Gasteiger partial charge is 0.488 e. The lowest BCUT2D eigenvalue weighted by atomic mass is 10.0. The first-order valence-corrected chi connectivity index (χ1v) is 7.77. The van der Waals surface area contributed by atoms with Crippen molar-refractivity contribution in [2.24, 2.45) is 0 Å². The highest BCUT2D eigenvalue weighted by Gasteiger charge is 2.32. The molecule has 0 aliphatic carbocycles. The summed E-state index contributed by atoms with van der Waals surface area (Å²) in [6, 6.07) is 6.16. The molecule has 0 atom stereocenters. The van der Waals surface area contributed by atoms with Crippen molar-refractivity contribution in [3.8, 4) is 11.5 Å². The fourth-order valence-corrected chi connectivity index (χ4v) is 2.58. The molecule has 21 heavy (non-hydrogen) atoms. The third-order valence-corrected chi connectivity index (χ3v) is 3.55. The van der Waals surface area contributed by atoms with E-state index in [-0.39, 0.29) is 5.60 Å². The van der Waals surface area contributed by atoms with Gasteiger partial charge in [-0.3, -0.25) is 0 Å². The van der Waals surface area contributed by atoms with E-state index in [1.807, 2.05) is 12.1 Å². The van der Waals surface area contributed by atoms with E-state index in [9.17, 15) is 0 Å². The number of hydrogen-bond acceptors (Lipinski definition) is 4. The second-order valence-corrected chi connectivity index (χ2v) is 6.54. The molecule has 1 aromatic rings. The Morgan fingerprint density at radius 3 is 2.86 bits per heavy atom. The average Bonchev–Trinajstić information content (AvgIpc) is 2.72. The molecule has 1 aliphatic rings. The van der Waals surface area contributed by atoms with Crippen LogP contribution in [-0.4, -0.2) is 50.8 Å². The van der Waals surface area contributed by atoms with Crippen LogP contribution in [-0.2, 0) is 6.42 Å². The zero-order valence-corrected chi connectivity index (χ0v) is 13.7. The van der Waals surface area contributed by atoms with Crippen molar-refractivity contribution in [2.75, 3.05) is 40.3 Å². The minimum Gasteiger partial charge on any atom is -0.488 e. The van der Waals surface area contributed by atoms with Gasteiger partial charge in [-0.05, 0) is 53.5 Å². The van der Waals surface area contributed by atoms with E-state index in [4.69, 9.17) is 9.47 Å². The van der Waals surface area contributed by atoms with Gasteiger partial charge in [0.2, 0.25) is 0 Å². The molecule has 0 amide bonds. The van der Waals surface area contributed by atoms with Crippen LogP contribution in [0.2, 0.25) is 0 Å². The lowest BCUT2D eigenvalue weighted by molar-refractivity contribution is 0.132. The van der Waals surface area contributed by atoms with Crippen LogP contribution in [0.3, 0.4) is 0 Å². The van der Waals surface area contributed by atoms with Crippen LogP contribution in [0.4, 0.5) is 0 Å². The van der Waals surface area contributed by atoms with E-state index in [1.165, 1.54) is 5.56 Å². The Kier molecular flexibility index (Phi) is 5.48. The molecule has 0 saturated heterocycles. The normalized spacial score (nSPS) is 15.9. The number of para-hydroxylation sites is 1.